The molecule has 1 aliphatic heterocycles. The molecule has 32 heavy (non-hydrogen) atoms. The number of amides is 3. The smallest absolute Gasteiger partial charge is 0.411 e. The molecule has 8 heteroatoms. The van der Waals surface area contributed by atoms with Gasteiger partial charge in [-0.15, -0.1) is 0 Å². The van der Waals surface area contributed by atoms with Gasteiger partial charge in [-0.3, -0.25) is 14.5 Å². The monoisotopic (exact) mass is 434 g/mol. The number of hydrogen-bond acceptors (Lipinski definition) is 5. The lowest BCUT2D eigenvalue weighted by molar-refractivity contribution is -0.131. The Morgan fingerprint density at radius 3 is 2.47 bits per heavy atom. The first kappa shape index (κ1) is 22.8. The van der Waals surface area contributed by atoms with E-state index in [0.29, 0.717) is 0 Å². The van der Waals surface area contributed by atoms with Crippen LogP contribution in [0.5, 0.6) is 0 Å². The van der Waals surface area contributed by atoms with Crippen molar-refractivity contribution >= 4 is 17.9 Å². The molecule has 3 rings (SSSR count). The Labute approximate surface area is 187 Å². The molecule has 0 radical (unpaired) electrons. The number of ether oxygens (including phenoxy) is 1. The van der Waals surface area contributed by atoms with E-state index in [0.717, 1.165) is 16.7 Å². The van der Waals surface area contributed by atoms with Crippen LogP contribution in [0.2, 0.25) is 0 Å². The van der Waals surface area contributed by atoms with Crippen LogP contribution in [0.1, 0.15) is 30.0 Å². The summed E-state index contributed by atoms with van der Waals surface area (Å²) >= 11 is 0. The van der Waals surface area contributed by atoms with Crippen LogP contribution in [0.4, 0.5) is 4.79 Å². The molecule has 0 bridgehead atoms. The van der Waals surface area contributed by atoms with Crippen LogP contribution < -0.4 is 11.1 Å². The Balaban J connectivity index is 1.78. The number of nitrogens with two attached hydrogens (primary N) is 1. The average molecular weight is 434 g/mol. The standard InChI is InChI=1S/C24H26N4O4/c1-16(13-25)11-20(22(26)29)27-23(30)21-12-18-9-5-6-10-19(18)14-28(21)24(31)32-15-17-7-3-2-4-8-17/h2-10,16,20-21H,11-12,14-15H2,1H3,(H2,26,29)(H,27,30)/t16-,20+,21-/m0/s1. The van der Waals surface area contributed by atoms with Gasteiger partial charge in [-0.2, -0.15) is 5.26 Å². The molecule has 0 unspecified atom stereocenters. The van der Waals surface area contributed by atoms with Gasteiger partial charge in [0.2, 0.25) is 11.8 Å². The van der Waals surface area contributed by atoms with Gasteiger partial charge in [-0.1, -0.05) is 54.6 Å². The first-order valence-electron chi connectivity index (χ1n) is 10.4. The Morgan fingerprint density at radius 2 is 1.81 bits per heavy atom. The van der Waals surface area contributed by atoms with Crippen LogP contribution in [0.15, 0.2) is 54.6 Å². The average Bonchev–Trinajstić information content (AvgIpc) is 2.81. The van der Waals surface area contributed by atoms with Crippen molar-refractivity contribution in [2.75, 3.05) is 0 Å². The fourth-order valence-corrected chi connectivity index (χ4v) is 3.67. The van der Waals surface area contributed by atoms with Gasteiger partial charge in [0.25, 0.3) is 0 Å². The van der Waals surface area contributed by atoms with E-state index in [-0.39, 0.29) is 26.0 Å². The molecule has 0 fully saturated rings. The van der Waals surface area contributed by atoms with Crippen LogP contribution in [0, 0.1) is 17.2 Å². The van der Waals surface area contributed by atoms with Crippen LogP contribution in [-0.2, 0) is 33.9 Å². The molecule has 166 valence electrons. The van der Waals surface area contributed by atoms with Gasteiger partial charge in [-0.25, -0.2) is 4.79 Å². The second-order valence-electron chi connectivity index (χ2n) is 7.89. The van der Waals surface area contributed by atoms with Crippen molar-refractivity contribution in [3.63, 3.8) is 0 Å². The number of benzene rings is 2. The second-order valence-corrected chi connectivity index (χ2v) is 7.89. The molecule has 0 saturated carbocycles. The number of nitrogens with one attached hydrogen (secondary N) is 1. The van der Waals surface area contributed by atoms with Gasteiger partial charge in [0.1, 0.15) is 18.7 Å². The molecule has 1 aliphatic rings. The molecule has 2 aromatic rings. The lowest BCUT2D eigenvalue weighted by atomic mass is 9.93. The van der Waals surface area contributed by atoms with Crippen LogP contribution in [0.3, 0.4) is 0 Å². The molecule has 3 atom stereocenters. The SMILES string of the molecule is C[C@H](C#N)C[C@@H](NC(=O)[C@@H]1Cc2ccccc2CN1C(=O)OCc1ccccc1)C(N)=O. The maximum atomic E-state index is 13.1. The number of hydrogen-bond donors (Lipinski definition) is 2. The number of primary amides is 1. The minimum atomic E-state index is -1.00. The van der Waals surface area contributed by atoms with E-state index in [1.165, 1.54) is 4.90 Å². The lowest BCUT2D eigenvalue weighted by Crippen LogP contribution is -2.56. The maximum absolute atomic E-state index is 13.1. The van der Waals surface area contributed by atoms with E-state index in [1.807, 2.05) is 60.7 Å². The highest BCUT2D eigenvalue weighted by Crippen LogP contribution is 2.25. The molecular formula is C24H26N4O4. The highest BCUT2D eigenvalue weighted by atomic mass is 16.6. The van der Waals surface area contributed by atoms with Crippen molar-refractivity contribution in [3.05, 3.63) is 71.3 Å². The molecule has 0 spiro atoms. The van der Waals surface area contributed by atoms with Gasteiger partial charge in [0, 0.05) is 12.3 Å². The molecule has 0 aliphatic carbocycles. The fraction of sp³-hybridized carbons (Fsp3) is 0.333. The summed E-state index contributed by atoms with van der Waals surface area (Å²) in [5.41, 5.74) is 8.14. The highest BCUT2D eigenvalue weighted by Gasteiger charge is 2.37. The van der Waals surface area contributed by atoms with Gasteiger partial charge in [-0.05, 0) is 30.0 Å². The molecule has 3 amide bonds. The first-order chi connectivity index (χ1) is 15.4. The zero-order valence-electron chi connectivity index (χ0n) is 17.9. The van der Waals surface area contributed by atoms with E-state index in [9.17, 15) is 14.4 Å². The zero-order valence-corrected chi connectivity index (χ0v) is 17.9. The van der Waals surface area contributed by atoms with Crippen LogP contribution in [-0.4, -0.2) is 34.9 Å². The van der Waals surface area contributed by atoms with Crippen LogP contribution >= 0.6 is 0 Å². The van der Waals surface area contributed by atoms with Crippen molar-refractivity contribution in [2.24, 2.45) is 11.7 Å². The molecule has 3 N–H and O–H groups in total. The summed E-state index contributed by atoms with van der Waals surface area (Å²) in [6.07, 6.45) is -0.245. The quantitative estimate of drug-likeness (QED) is 0.691. The predicted molar refractivity (Wildman–Crippen MR) is 117 cm³/mol. The first-order valence-corrected chi connectivity index (χ1v) is 10.4. The predicted octanol–water partition coefficient (Wildman–Crippen LogP) is 2.27. The maximum Gasteiger partial charge on any atom is 0.411 e. The zero-order chi connectivity index (χ0) is 23.1. The van der Waals surface area contributed by atoms with E-state index >= 15 is 0 Å². The highest BCUT2D eigenvalue weighted by molar-refractivity contribution is 5.91. The summed E-state index contributed by atoms with van der Waals surface area (Å²) in [6.45, 7) is 1.93. The second kappa shape index (κ2) is 10.4. The molecule has 1 heterocycles. The third-order valence-corrected chi connectivity index (χ3v) is 5.46. The van der Waals surface area contributed by atoms with Gasteiger partial charge < -0.3 is 15.8 Å². The minimum absolute atomic E-state index is 0.0791. The van der Waals surface area contributed by atoms with E-state index < -0.39 is 35.9 Å². The van der Waals surface area contributed by atoms with Crippen molar-refractivity contribution in [3.8, 4) is 6.07 Å². The van der Waals surface area contributed by atoms with Gasteiger partial charge in [0.05, 0.1) is 12.6 Å². The van der Waals surface area contributed by atoms with E-state index in [4.69, 9.17) is 15.7 Å². The van der Waals surface area contributed by atoms with Crippen molar-refractivity contribution in [1.29, 1.82) is 5.26 Å². The summed E-state index contributed by atoms with van der Waals surface area (Å²) < 4.78 is 5.47. The Hall–Kier alpha value is -3.86. The topological polar surface area (TPSA) is 126 Å². The van der Waals surface area contributed by atoms with E-state index in [1.54, 1.807) is 6.92 Å². The summed E-state index contributed by atoms with van der Waals surface area (Å²) in [5, 5.41) is 11.7. The molecular weight excluding hydrogens is 408 g/mol. The molecule has 2 aromatic carbocycles. The largest absolute Gasteiger partial charge is 0.445 e. The molecule has 0 aromatic heterocycles. The number of rotatable bonds is 7. The number of carbonyl (C=O) groups excluding carboxylic acids is 3. The summed E-state index contributed by atoms with van der Waals surface area (Å²) in [7, 11) is 0. The summed E-state index contributed by atoms with van der Waals surface area (Å²) in [6, 6.07) is 17.0. The number of carbonyl (C=O) groups is 3. The number of fused-ring (bicyclic) bond motifs is 1. The van der Waals surface area contributed by atoms with Crippen molar-refractivity contribution in [1.82, 2.24) is 10.2 Å². The number of nitrogens with zero attached hydrogens (tertiary/aromatic N) is 2. The van der Waals surface area contributed by atoms with Crippen LogP contribution in [0.25, 0.3) is 0 Å². The Morgan fingerprint density at radius 1 is 1.16 bits per heavy atom. The van der Waals surface area contributed by atoms with Gasteiger partial charge in [0.15, 0.2) is 0 Å². The van der Waals surface area contributed by atoms with E-state index in [2.05, 4.69) is 5.32 Å². The Kier molecular flexibility index (Phi) is 7.45. The summed E-state index contributed by atoms with van der Waals surface area (Å²) in [5.74, 6) is -1.70. The Bertz CT molecular complexity index is 1020. The summed E-state index contributed by atoms with van der Waals surface area (Å²) in [4.78, 5) is 39.3. The fourth-order valence-electron chi connectivity index (χ4n) is 3.67. The van der Waals surface area contributed by atoms with Gasteiger partial charge >= 0.3 is 6.09 Å². The third kappa shape index (κ3) is 5.64. The number of nitriles is 1. The third-order valence-electron chi connectivity index (χ3n) is 5.46. The normalized spacial score (nSPS) is 16.8. The molecule has 0 saturated heterocycles. The van der Waals surface area contributed by atoms with Crippen molar-refractivity contribution in [2.45, 2.75) is 45.0 Å². The molecule has 8 nitrogen and oxygen atoms in total. The lowest BCUT2D eigenvalue weighted by Gasteiger charge is -2.35. The minimum Gasteiger partial charge on any atom is -0.445 e. The van der Waals surface area contributed by atoms with Crippen molar-refractivity contribution < 1.29 is 19.1 Å².